The van der Waals surface area contributed by atoms with E-state index in [-0.39, 0.29) is 21.1 Å². The first-order valence-electron chi connectivity index (χ1n) is 4.63. The zero-order valence-electron chi connectivity index (χ0n) is 8.71. The Labute approximate surface area is 104 Å². The van der Waals surface area contributed by atoms with Gasteiger partial charge in [-0.15, -0.1) is 0 Å². The van der Waals surface area contributed by atoms with Gasteiger partial charge in [-0.3, -0.25) is 4.79 Å². The molecule has 0 bridgehead atoms. The van der Waals surface area contributed by atoms with E-state index in [4.69, 9.17) is 0 Å². The average molecular weight is 300 g/mol. The molecule has 2 rings (SSSR count). The van der Waals surface area contributed by atoms with Gasteiger partial charge in [0.1, 0.15) is 11.5 Å². The van der Waals surface area contributed by atoms with Crippen LogP contribution >= 0.6 is 15.9 Å². The van der Waals surface area contributed by atoms with E-state index in [1.54, 1.807) is 0 Å². The monoisotopic (exact) mass is 299 g/mol. The van der Waals surface area contributed by atoms with Gasteiger partial charge in [-0.05, 0) is 28.1 Å². The van der Waals surface area contributed by atoms with Gasteiger partial charge in [0.15, 0.2) is 5.43 Å². The second kappa shape index (κ2) is 4.29. The largest absolute Gasteiger partial charge is 0.464 e. The molecule has 17 heavy (non-hydrogen) atoms. The van der Waals surface area contributed by atoms with Crippen LogP contribution in [0.2, 0.25) is 0 Å². The molecule has 0 unspecified atom stereocenters. The van der Waals surface area contributed by atoms with Gasteiger partial charge in [-0.2, -0.15) is 0 Å². The highest BCUT2D eigenvalue weighted by Crippen LogP contribution is 2.20. The van der Waals surface area contributed by atoms with Crippen molar-refractivity contribution in [3.63, 3.8) is 0 Å². The predicted molar refractivity (Wildman–Crippen MR) is 63.6 cm³/mol. The van der Waals surface area contributed by atoms with Gasteiger partial charge < -0.3 is 9.72 Å². The highest BCUT2D eigenvalue weighted by Gasteiger charge is 2.11. The van der Waals surface area contributed by atoms with Crippen LogP contribution in [0.3, 0.4) is 0 Å². The van der Waals surface area contributed by atoms with Gasteiger partial charge >= 0.3 is 5.97 Å². The number of fused-ring (bicyclic) bond motifs is 1. The molecule has 1 aromatic carbocycles. The molecular weight excluding hydrogens is 293 g/mol. The minimum absolute atomic E-state index is 0.00766. The first kappa shape index (κ1) is 11.8. The fraction of sp³-hybridized carbons (Fsp3) is 0.0909. The number of hydrogen-bond donors (Lipinski definition) is 1. The molecule has 0 saturated carbocycles. The normalized spacial score (nSPS) is 10.5. The van der Waals surface area contributed by atoms with Crippen molar-refractivity contribution in [2.45, 2.75) is 0 Å². The molecule has 1 heterocycles. The number of methoxy groups -OCH3 is 1. The molecule has 88 valence electrons. The van der Waals surface area contributed by atoms with Crippen molar-refractivity contribution in [1.82, 2.24) is 4.98 Å². The Balaban J connectivity index is 2.78. The molecule has 4 nitrogen and oxygen atoms in total. The second-order valence-corrected chi connectivity index (χ2v) is 4.21. The summed E-state index contributed by atoms with van der Waals surface area (Å²) < 4.78 is 18.0. The van der Waals surface area contributed by atoms with Crippen LogP contribution < -0.4 is 5.43 Å². The molecule has 1 aromatic heterocycles. The lowest BCUT2D eigenvalue weighted by Crippen LogP contribution is -2.11. The minimum Gasteiger partial charge on any atom is -0.464 e. The number of esters is 1. The second-order valence-electron chi connectivity index (χ2n) is 3.35. The summed E-state index contributed by atoms with van der Waals surface area (Å²) in [6.45, 7) is 0. The summed E-state index contributed by atoms with van der Waals surface area (Å²) in [4.78, 5) is 25.6. The molecular formula is C11H7BrFNO3. The fourth-order valence-electron chi connectivity index (χ4n) is 1.46. The van der Waals surface area contributed by atoms with Crippen molar-refractivity contribution in [2.75, 3.05) is 7.11 Å². The summed E-state index contributed by atoms with van der Waals surface area (Å²) in [5.74, 6) is -1.19. The molecule has 0 aliphatic rings. The van der Waals surface area contributed by atoms with E-state index < -0.39 is 11.8 Å². The maximum Gasteiger partial charge on any atom is 0.354 e. The number of carbonyl (C=O) groups excluding carboxylic acids is 1. The van der Waals surface area contributed by atoms with Gasteiger partial charge in [-0.25, -0.2) is 9.18 Å². The number of aromatic nitrogens is 1. The summed E-state index contributed by atoms with van der Waals surface area (Å²) in [5.41, 5.74) is -0.134. The zero-order valence-corrected chi connectivity index (χ0v) is 10.3. The van der Waals surface area contributed by atoms with Crippen molar-refractivity contribution in [3.8, 4) is 0 Å². The van der Waals surface area contributed by atoms with E-state index in [1.807, 2.05) is 0 Å². The van der Waals surface area contributed by atoms with Gasteiger partial charge in [-0.1, -0.05) is 0 Å². The Morgan fingerprint density at radius 2 is 2.12 bits per heavy atom. The first-order chi connectivity index (χ1) is 8.02. The van der Waals surface area contributed by atoms with Crippen LogP contribution in [0.1, 0.15) is 10.5 Å². The Hall–Kier alpha value is -1.69. The van der Waals surface area contributed by atoms with Crippen molar-refractivity contribution < 1.29 is 13.9 Å². The van der Waals surface area contributed by atoms with Crippen LogP contribution in [0.25, 0.3) is 10.9 Å². The van der Waals surface area contributed by atoms with Crippen molar-refractivity contribution in [2.24, 2.45) is 0 Å². The number of benzene rings is 1. The van der Waals surface area contributed by atoms with E-state index >= 15 is 0 Å². The van der Waals surface area contributed by atoms with Crippen LogP contribution in [0.15, 0.2) is 27.5 Å². The molecule has 0 radical (unpaired) electrons. The number of H-pyrrole nitrogens is 1. The van der Waals surface area contributed by atoms with Gasteiger partial charge in [0, 0.05) is 11.5 Å². The highest BCUT2D eigenvalue weighted by atomic mass is 79.9. The van der Waals surface area contributed by atoms with E-state index in [1.165, 1.54) is 13.2 Å². The molecule has 0 aliphatic carbocycles. The van der Waals surface area contributed by atoms with Gasteiger partial charge in [0.25, 0.3) is 0 Å². The molecule has 0 amide bonds. The smallest absolute Gasteiger partial charge is 0.354 e. The van der Waals surface area contributed by atoms with Crippen LogP contribution in [0.4, 0.5) is 4.39 Å². The third kappa shape index (κ3) is 2.08. The van der Waals surface area contributed by atoms with Crippen LogP contribution in [0, 0.1) is 5.82 Å². The summed E-state index contributed by atoms with van der Waals surface area (Å²) in [5, 5.41) is 0.297. The molecule has 6 heteroatoms. The summed E-state index contributed by atoms with van der Waals surface area (Å²) in [6.07, 6.45) is 0. The SMILES string of the molecule is COC(=O)c1cc(=O)c2cc(Br)c(F)cc2[nH]1. The Morgan fingerprint density at radius 3 is 2.76 bits per heavy atom. The van der Waals surface area contributed by atoms with Crippen LogP contribution in [0.5, 0.6) is 0 Å². The highest BCUT2D eigenvalue weighted by molar-refractivity contribution is 9.10. The molecule has 2 aromatic rings. The first-order valence-corrected chi connectivity index (χ1v) is 5.42. The topological polar surface area (TPSA) is 59.2 Å². The summed E-state index contributed by atoms with van der Waals surface area (Å²) >= 11 is 2.99. The quantitative estimate of drug-likeness (QED) is 0.822. The third-order valence-corrected chi connectivity index (χ3v) is 2.88. The third-order valence-electron chi connectivity index (χ3n) is 2.28. The van der Waals surface area contributed by atoms with Gasteiger partial charge in [0.05, 0.1) is 17.1 Å². The standard InChI is InChI=1S/C11H7BrFNO3/c1-17-11(16)9-4-10(15)5-2-6(12)7(13)3-8(5)14-9/h2-4H,1H3,(H,14,15). The number of nitrogens with one attached hydrogen (secondary N) is 1. The van der Waals surface area contributed by atoms with Crippen molar-refractivity contribution in [1.29, 1.82) is 0 Å². The maximum absolute atomic E-state index is 13.3. The van der Waals surface area contributed by atoms with Gasteiger partial charge in [0.2, 0.25) is 0 Å². The van der Waals surface area contributed by atoms with E-state index in [2.05, 4.69) is 25.7 Å². The average Bonchev–Trinajstić information content (AvgIpc) is 2.30. The van der Waals surface area contributed by atoms with E-state index in [0.29, 0.717) is 5.39 Å². The predicted octanol–water partition coefficient (Wildman–Crippen LogP) is 2.22. The van der Waals surface area contributed by atoms with Crippen LogP contribution in [-0.2, 0) is 4.74 Å². The van der Waals surface area contributed by atoms with E-state index in [9.17, 15) is 14.0 Å². The zero-order chi connectivity index (χ0) is 12.6. The Morgan fingerprint density at radius 1 is 1.41 bits per heavy atom. The summed E-state index contributed by atoms with van der Waals surface area (Å²) in [6, 6.07) is 3.64. The van der Waals surface area contributed by atoms with Crippen LogP contribution in [-0.4, -0.2) is 18.1 Å². The Kier molecular flexibility index (Phi) is 2.97. The lowest BCUT2D eigenvalue weighted by molar-refractivity contribution is 0.0594. The molecule has 0 saturated heterocycles. The lowest BCUT2D eigenvalue weighted by Gasteiger charge is -2.03. The van der Waals surface area contributed by atoms with E-state index in [0.717, 1.165) is 12.1 Å². The number of halogens is 2. The van der Waals surface area contributed by atoms with Crippen molar-refractivity contribution >= 4 is 32.8 Å². The number of ether oxygens (including phenoxy) is 1. The van der Waals surface area contributed by atoms with Crippen molar-refractivity contribution in [3.05, 3.63) is 44.4 Å². The number of carbonyl (C=O) groups is 1. The molecule has 0 fully saturated rings. The molecule has 0 atom stereocenters. The number of hydrogen-bond acceptors (Lipinski definition) is 3. The fourth-order valence-corrected chi connectivity index (χ4v) is 1.81. The summed E-state index contributed by atoms with van der Waals surface area (Å²) in [7, 11) is 1.20. The lowest BCUT2D eigenvalue weighted by atomic mass is 10.2. The number of pyridine rings is 1. The molecule has 0 aliphatic heterocycles. The molecule has 0 spiro atoms. The minimum atomic E-state index is -0.674. The number of rotatable bonds is 1. The molecule has 1 N–H and O–H groups in total. The Bertz CT molecular complexity index is 666. The maximum atomic E-state index is 13.3. The number of aromatic amines is 1.